The fourth-order valence-corrected chi connectivity index (χ4v) is 3.01. The largest absolute Gasteiger partial charge is 0.390 e. The first-order valence-electron chi connectivity index (χ1n) is 7.03. The van der Waals surface area contributed by atoms with Gasteiger partial charge in [-0.1, -0.05) is 6.07 Å². The summed E-state index contributed by atoms with van der Waals surface area (Å²) < 4.78 is 0. The van der Waals surface area contributed by atoms with Crippen molar-refractivity contribution in [1.29, 1.82) is 0 Å². The highest BCUT2D eigenvalue weighted by molar-refractivity contribution is 5.79. The number of H-pyrrole nitrogens is 1. The number of hydrogen-bond donors (Lipinski definition) is 2. The number of benzene rings is 1. The van der Waals surface area contributed by atoms with Crippen molar-refractivity contribution in [3.8, 4) is 0 Å². The third kappa shape index (κ3) is 2.67. The van der Waals surface area contributed by atoms with Crippen LogP contribution in [0, 0.1) is 5.92 Å². The Morgan fingerprint density at radius 3 is 2.95 bits per heavy atom. The number of fused-ring (bicyclic) bond motifs is 1. The molecule has 102 valence electrons. The van der Waals surface area contributed by atoms with Crippen molar-refractivity contribution in [2.24, 2.45) is 5.92 Å². The SMILES string of the molecule is CC(C)(O)C1CCN(Cc2ccc3[nH]ccc3c2)C1. The average Bonchev–Trinajstić information content (AvgIpc) is 2.95. The Balaban J connectivity index is 1.69. The molecule has 0 bridgehead atoms. The highest BCUT2D eigenvalue weighted by Crippen LogP contribution is 2.28. The van der Waals surface area contributed by atoms with Crippen molar-refractivity contribution in [2.75, 3.05) is 13.1 Å². The molecule has 0 amide bonds. The minimum atomic E-state index is -0.556. The summed E-state index contributed by atoms with van der Waals surface area (Å²) in [6, 6.07) is 8.70. The predicted octanol–water partition coefficient (Wildman–Crippen LogP) is 2.76. The van der Waals surface area contributed by atoms with Crippen LogP contribution in [0.25, 0.3) is 10.9 Å². The number of rotatable bonds is 3. The fourth-order valence-electron chi connectivity index (χ4n) is 3.01. The van der Waals surface area contributed by atoms with E-state index in [1.54, 1.807) is 0 Å². The molecule has 2 aromatic rings. The molecule has 0 spiro atoms. The molecule has 3 heteroatoms. The van der Waals surface area contributed by atoms with Crippen LogP contribution >= 0.6 is 0 Å². The second kappa shape index (κ2) is 4.66. The fraction of sp³-hybridized carbons (Fsp3) is 0.500. The second-order valence-corrected chi connectivity index (χ2v) is 6.27. The Hall–Kier alpha value is -1.32. The van der Waals surface area contributed by atoms with Gasteiger partial charge in [0.05, 0.1) is 5.60 Å². The van der Waals surface area contributed by atoms with E-state index in [1.807, 2.05) is 20.0 Å². The first kappa shape index (κ1) is 12.7. The number of nitrogens with one attached hydrogen (secondary N) is 1. The van der Waals surface area contributed by atoms with Gasteiger partial charge in [0.25, 0.3) is 0 Å². The molecule has 2 N–H and O–H groups in total. The molecule has 3 nitrogen and oxygen atoms in total. The van der Waals surface area contributed by atoms with E-state index in [2.05, 4.69) is 34.1 Å². The van der Waals surface area contributed by atoms with Crippen LogP contribution in [0.3, 0.4) is 0 Å². The summed E-state index contributed by atoms with van der Waals surface area (Å²) in [7, 11) is 0. The number of hydrogen-bond acceptors (Lipinski definition) is 2. The second-order valence-electron chi connectivity index (χ2n) is 6.27. The zero-order valence-electron chi connectivity index (χ0n) is 11.7. The van der Waals surface area contributed by atoms with Crippen molar-refractivity contribution in [1.82, 2.24) is 9.88 Å². The van der Waals surface area contributed by atoms with E-state index in [-0.39, 0.29) is 0 Å². The molecular formula is C16H22N2O. The topological polar surface area (TPSA) is 39.3 Å². The van der Waals surface area contributed by atoms with Crippen LogP contribution in [0.5, 0.6) is 0 Å². The maximum Gasteiger partial charge on any atom is 0.0632 e. The summed E-state index contributed by atoms with van der Waals surface area (Å²) in [5.74, 6) is 0.392. The van der Waals surface area contributed by atoms with Gasteiger partial charge in [-0.15, -0.1) is 0 Å². The van der Waals surface area contributed by atoms with Crippen LogP contribution in [0.4, 0.5) is 0 Å². The molecule has 0 aliphatic carbocycles. The van der Waals surface area contributed by atoms with Crippen LogP contribution in [0.15, 0.2) is 30.5 Å². The monoisotopic (exact) mass is 258 g/mol. The van der Waals surface area contributed by atoms with E-state index in [0.717, 1.165) is 26.1 Å². The van der Waals surface area contributed by atoms with Crippen LogP contribution in [0.2, 0.25) is 0 Å². The first-order valence-corrected chi connectivity index (χ1v) is 7.03. The Kier molecular flexibility index (Phi) is 3.11. The average molecular weight is 258 g/mol. The van der Waals surface area contributed by atoms with E-state index in [4.69, 9.17) is 0 Å². The number of aromatic nitrogens is 1. The first-order chi connectivity index (χ1) is 9.02. The standard InChI is InChI=1S/C16H22N2O/c1-16(2,19)14-6-8-18(11-14)10-12-3-4-15-13(9-12)5-7-17-15/h3-5,7,9,14,17,19H,6,8,10-11H2,1-2H3. The van der Waals surface area contributed by atoms with E-state index in [1.165, 1.54) is 16.5 Å². The molecule has 3 rings (SSSR count). The maximum absolute atomic E-state index is 10.1. The molecule has 1 aromatic heterocycles. The van der Waals surface area contributed by atoms with Gasteiger partial charge in [0, 0.05) is 30.7 Å². The molecule has 19 heavy (non-hydrogen) atoms. The molecule has 1 atom stereocenters. The van der Waals surface area contributed by atoms with E-state index in [9.17, 15) is 5.11 Å². The molecule has 0 saturated carbocycles. The van der Waals surface area contributed by atoms with Gasteiger partial charge in [-0.05, 0) is 56.0 Å². The summed E-state index contributed by atoms with van der Waals surface area (Å²) in [5, 5.41) is 11.4. The summed E-state index contributed by atoms with van der Waals surface area (Å²) in [4.78, 5) is 5.66. The minimum absolute atomic E-state index is 0.392. The van der Waals surface area contributed by atoms with Gasteiger partial charge in [0.1, 0.15) is 0 Å². The van der Waals surface area contributed by atoms with Crippen molar-refractivity contribution in [3.63, 3.8) is 0 Å². The van der Waals surface area contributed by atoms with Gasteiger partial charge >= 0.3 is 0 Å². The smallest absolute Gasteiger partial charge is 0.0632 e. The van der Waals surface area contributed by atoms with Gasteiger partial charge in [-0.2, -0.15) is 0 Å². The Labute approximate surface area is 114 Å². The maximum atomic E-state index is 10.1. The Morgan fingerprint density at radius 1 is 1.37 bits per heavy atom. The zero-order chi connectivity index (χ0) is 13.5. The molecule has 0 radical (unpaired) electrons. The summed E-state index contributed by atoms with van der Waals surface area (Å²) in [6.45, 7) is 6.91. The lowest BCUT2D eigenvalue weighted by atomic mass is 9.90. The lowest BCUT2D eigenvalue weighted by molar-refractivity contribution is 0.0208. The zero-order valence-corrected chi connectivity index (χ0v) is 11.7. The van der Waals surface area contributed by atoms with E-state index < -0.39 is 5.60 Å². The van der Waals surface area contributed by atoms with E-state index >= 15 is 0 Å². The third-order valence-corrected chi connectivity index (χ3v) is 4.30. The molecule has 1 saturated heterocycles. The number of aromatic amines is 1. The molecule has 2 heterocycles. The Morgan fingerprint density at radius 2 is 2.21 bits per heavy atom. The van der Waals surface area contributed by atoms with Gasteiger partial charge < -0.3 is 10.1 Å². The lowest BCUT2D eigenvalue weighted by Crippen LogP contribution is -2.33. The molecule has 1 unspecified atom stereocenters. The lowest BCUT2D eigenvalue weighted by Gasteiger charge is -2.25. The van der Waals surface area contributed by atoms with E-state index in [0.29, 0.717) is 5.92 Å². The van der Waals surface area contributed by atoms with Crippen LogP contribution in [-0.2, 0) is 6.54 Å². The van der Waals surface area contributed by atoms with Gasteiger partial charge in [-0.3, -0.25) is 4.90 Å². The molecule has 1 aliphatic heterocycles. The van der Waals surface area contributed by atoms with Gasteiger partial charge in [-0.25, -0.2) is 0 Å². The van der Waals surface area contributed by atoms with Crippen LogP contribution in [0.1, 0.15) is 25.8 Å². The number of nitrogens with zero attached hydrogens (tertiary/aromatic N) is 1. The van der Waals surface area contributed by atoms with Crippen molar-refractivity contribution >= 4 is 10.9 Å². The summed E-state index contributed by atoms with van der Waals surface area (Å²) in [6.07, 6.45) is 3.07. The molecule has 1 fully saturated rings. The van der Waals surface area contributed by atoms with Crippen LogP contribution in [-0.4, -0.2) is 33.7 Å². The molecule has 1 aliphatic rings. The van der Waals surface area contributed by atoms with Crippen molar-refractivity contribution < 1.29 is 5.11 Å². The third-order valence-electron chi connectivity index (χ3n) is 4.30. The summed E-state index contributed by atoms with van der Waals surface area (Å²) in [5.41, 5.74) is 1.99. The van der Waals surface area contributed by atoms with Crippen LogP contribution < -0.4 is 0 Å². The number of likely N-dealkylation sites (tertiary alicyclic amines) is 1. The molecular weight excluding hydrogens is 236 g/mol. The van der Waals surface area contributed by atoms with Gasteiger partial charge in [0.15, 0.2) is 0 Å². The highest BCUT2D eigenvalue weighted by atomic mass is 16.3. The normalized spacial score (nSPS) is 21.3. The van der Waals surface area contributed by atoms with Crippen molar-refractivity contribution in [2.45, 2.75) is 32.4 Å². The minimum Gasteiger partial charge on any atom is -0.390 e. The predicted molar refractivity (Wildman–Crippen MR) is 78.0 cm³/mol. The van der Waals surface area contributed by atoms with Crippen molar-refractivity contribution in [3.05, 3.63) is 36.0 Å². The number of aliphatic hydroxyl groups is 1. The Bertz CT molecular complexity index is 567. The van der Waals surface area contributed by atoms with Gasteiger partial charge in [0.2, 0.25) is 0 Å². The quantitative estimate of drug-likeness (QED) is 0.888. The highest BCUT2D eigenvalue weighted by Gasteiger charge is 2.33. The summed E-state index contributed by atoms with van der Waals surface area (Å²) >= 11 is 0. The molecule has 1 aromatic carbocycles.